The number of H-pyrrole nitrogens is 1. The Balaban J connectivity index is 1.67. The summed E-state index contributed by atoms with van der Waals surface area (Å²) in [6.45, 7) is 2.62. The number of ether oxygens (including phenoxy) is 1. The molecular formula is C16H15N3O. The van der Waals surface area contributed by atoms with Gasteiger partial charge in [0.15, 0.2) is 0 Å². The van der Waals surface area contributed by atoms with Crippen molar-refractivity contribution in [1.29, 1.82) is 0 Å². The second-order valence-electron chi connectivity index (χ2n) is 4.63. The number of pyridine rings is 1. The summed E-state index contributed by atoms with van der Waals surface area (Å²) >= 11 is 0. The standard InChI is InChI=1S/C16H15N3O/c1-12-3-2-4-13(9-12)11-20-14-5-6-15(17-10-14)16-7-8-18-19-16/h2-10H,11H2,1H3,(H,18,19). The molecule has 0 atom stereocenters. The van der Waals surface area contributed by atoms with E-state index < -0.39 is 0 Å². The number of benzene rings is 1. The van der Waals surface area contributed by atoms with Crippen LogP contribution in [0.4, 0.5) is 0 Å². The van der Waals surface area contributed by atoms with Gasteiger partial charge in [-0.15, -0.1) is 0 Å². The molecule has 0 saturated heterocycles. The van der Waals surface area contributed by atoms with Crippen molar-refractivity contribution in [3.05, 3.63) is 66.0 Å². The van der Waals surface area contributed by atoms with E-state index in [1.807, 2.05) is 24.3 Å². The Morgan fingerprint density at radius 1 is 1.15 bits per heavy atom. The molecule has 3 aromatic rings. The molecule has 100 valence electrons. The van der Waals surface area contributed by atoms with Gasteiger partial charge in [0.1, 0.15) is 12.4 Å². The van der Waals surface area contributed by atoms with E-state index in [9.17, 15) is 0 Å². The fraction of sp³-hybridized carbons (Fsp3) is 0.125. The zero-order chi connectivity index (χ0) is 13.8. The quantitative estimate of drug-likeness (QED) is 0.787. The van der Waals surface area contributed by atoms with Gasteiger partial charge in [-0.25, -0.2) is 0 Å². The molecule has 20 heavy (non-hydrogen) atoms. The third-order valence-electron chi connectivity index (χ3n) is 3.00. The van der Waals surface area contributed by atoms with E-state index in [-0.39, 0.29) is 0 Å². The Labute approximate surface area is 117 Å². The van der Waals surface area contributed by atoms with Crippen LogP contribution >= 0.6 is 0 Å². The second kappa shape index (κ2) is 5.57. The molecule has 0 aliphatic rings. The predicted octanol–water partition coefficient (Wildman–Crippen LogP) is 3.36. The molecule has 0 fully saturated rings. The van der Waals surface area contributed by atoms with Crippen molar-refractivity contribution in [2.24, 2.45) is 0 Å². The van der Waals surface area contributed by atoms with Gasteiger partial charge in [0.2, 0.25) is 0 Å². The molecule has 0 bridgehead atoms. The molecule has 1 aromatic carbocycles. The Bertz CT molecular complexity index is 675. The van der Waals surface area contributed by atoms with Crippen molar-refractivity contribution < 1.29 is 4.74 Å². The SMILES string of the molecule is Cc1cccc(COc2ccc(-c3ccn[nH]3)nc2)c1. The van der Waals surface area contributed by atoms with E-state index >= 15 is 0 Å². The summed E-state index contributed by atoms with van der Waals surface area (Å²) in [6.07, 6.45) is 3.44. The highest BCUT2D eigenvalue weighted by molar-refractivity contribution is 5.53. The van der Waals surface area contributed by atoms with Crippen molar-refractivity contribution in [3.63, 3.8) is 0 Å². The summed E-state index contributed by atoms with van der Waals surface area (Å²) in [6, 6.07) is 14.0. The monoisotopic (exact) mass is 265 g/mol. The average Bonchev–Trinajstić information content (AvgIpc) is 3.00. The molecule has 0 spiro atoms. The zero-order valence-electron chi connectivity index (χ0n) is 11.2. The van der Waals surface area contributed by atoms with Gasteiger partial charge in [0, 0.05) is 6.20 Å². The van der Waals surface area contributed by atoms with E-state index in [0.717, 1.165) is 22.7 Å². The first-order valence-electron chi connectivity index (χ1n) is 6.45. The van der Waals surface area contributed by atoms with Gasteiger partial charge >= 0.3 is 0 Å². The van der Waals surface area contributed by atoms with Crippen molar-refractivity contribution in [2.45, 2.75) is 13.5 Å². The summed E-state index contributed by atoms with van der Waals surface area (Å²) in [4.78, 5) is 4.35. The number of hydrogen-bond donors (Lipinski definition) is 1. The van der Waals surface area contributed by atoms with Crippen LogP contribution in [0, 0.1) is 6.92 Å². The zero-order valence-corrected chi connectivity index (χ0v) is 11.2. The molecule has 0 aliphatic carbocycles. The van der Waals surface area contributed by atoms with E-state index in [4.69, 9.17) is 4.74 Å². The third kappa shape index (κ3) is 2.85. The first-order valence-corrected chi connectivity index (χ1v) is 6.45. The van der Waals surface area contributed by atoms with Crippen molar-refractivity contribution in [3.8, 4) is 17.1 Å². The van der Waals surface area contributed by atoms with Gasteiger partial charge in [-0.05, 0) is 30.7 Å². The summed E-state index contributed by atoms with van der Waals surface area (Å²) < 4.78 is 5.73. The Kier molecular flexibility index (Phi) is 3.46. The summed E-state index contributed by atoms with van der Waals surface area (Å²) in [5.74, 6) is 0.759. The van der Waals surface area contributed by atoms with Crippen LogP contribution in [0.15, 0.2) is 54.9 Å². The highest BCUT2D eigenvalue weighted by atomic mass is 16.5. The lowest BCUT2D eigenvalue weighted by Gasteiger charge is -2.07. The minimum Gasteiger partial charge on any atom is -0.487 e. The van der Waals surface area contributed by atoms with E-state index in [1.54, 1.807) is 12.4 Å². The fourth-order valence-electron chi connectivity index (χ4n) is 1.99. The molecule has 2 heterocycles. The number of aryl methyl sites for hydroxylation is 1. The molecule has 0 aliphatic heterocycles. The number of rotatable bonds is 4. The van der Waals surface area contributed by atoms with Gasteiger partial charge in [-0.3, -0.25) is 10.1 Å². The minimum atomic E-state index is 0.548. The van der Waals surface area contributed by atoms with Crippen LogP contribution in [-0.4, -0.2) is 15.2 Å². The molecule has 2 aromatic heterocycles. The van der Waals surface area contributed by atoms with Crippen LogP contribution in [-0.2, 0) is 6.61 Å². The summed E-state index contributed by atoms with van der Waals surface area (Å²) in [5.41, 5.74) is 4.14. The minimum absolute atomic E-state index is 0.548. The van der Waals surface area contributed by atoms with Gasteiger partial charge in [-0.2, -0.15) is 5.10 Å². The molecule has 4 heteroatoms. The van der Waals surface area contributed by atoms with Crippen LogP contribution in [0.1, 0.15) is 11.1 Å². The fourth-order valence-corrected chi connectivity index (χ4v) is 1.99. The van der Waals surface area contributed by atoms with E-state index in [2.05, 4.69) is 40.3 Å². The Morgan fingerprint density at radius 2 is 2.10 bits per heavy atom. The number of nitrogens with zero attached hydrogens (tertiary/aromatic N) is 2. The molecule has 3 rings (SSSR count). The number of hydrogen-bond acceptors (Lipinski definition) is 3. The predicted molar refractivity (Wildman–Crippen MR) is 77.3 cm³/mol. The molecule has 0 saturated carbocycles. The van der Waals surface area contributed by atoms with Gasteiger partial charge < -0.3 is 4.74 Å². The molecule has 1 N–H and O–H groups in total. The van der Waals surface area contributed by atoms with Gasteiger partial charge in [-0.1, -0.05) is 29.8 Å². The van der Waals surface area contributed by atoms with Gasteiger partial charge in [0.25, 0.3) is 0 Å². The van der Waals surface area contributed by atoms with Crippen molar-refractivity contribution in [1.82, 2.24) is 15.2 Å². The highest BCUT2D eigenvalue weighted by Crippen LogP contribution is 2.18. The normalized spacial score (nSPS) is 10.4. The topological polar surface area (TPSA) is 50.8 Å². The summed E-state index contributed by atoms with van der Waals surface area (Å²) in [5, 5.41) is 6.79. The maximum atomic E-state index is 5.73. The van der Waals surface area contributed by atoms with Crippen LogP contribution in [0.3, 0.4) is 0 Å². The molecule has 0 radical (unpaired) electrons. The smallest absolute Gasteiger partial charge is 0.138 e. The highest BCUT2D eigenvalue weighted by Gasteiger charge is 2.01. The molecule has 0 amide bonds. The second-order valence-corrected chi connectivity index (χ2v) is 4.63. The van der Waals surface area contributed by atoms with E-state index in [0.29, 0.717) is 6.61 Å². The third-order valence-corrected chi connectivity index (χ3v) is 3.00. The number of nitrogens with one attached hydrogen (secondary N) is 1. The van der Waals surface area contributed by atoms with Crippen LogP contribution < -0.4 is 4.74 Å². The van der Waals surface area contributed by atoms with Crippen LogP contribution in [0.25, 0.3) is 11.4 Å². The lowest BCUT2D eigenvalue weighted by atomic mass is 10.1. The number of aromatic amines is 1. The van der Waals surface area contributed by atoms with E-state index in [1.165, 1.54) is 5.56 Å². The first kappa shape index (κ1) is 12.4. The maximum Gasteiger partial charge on any atom is 0.138 e. The summed E-state index contributed by atoms with van der Waals surface area (Å²) in [7, 11) is 0. The lowest BCUT2D eigenvalue weighted by Crippen LogP contribution is -1.96. The van der Waals surface area contributed by atoms with Crippen molar-refractivity contribution in [2.75, 3.05) is 0 Å². The molecule has 0 unspecified atom stereocenters. The number of aromatic nitrogens is 3. The molecular weight excluding hydrogens is 250 g/mol. The first-order chi connectivity index (χ1) is 9.81. The Morgan fingerprint density at radius 3 is 2.80 bits per heavy atom. The largest absolute Gasteiger partial charge is 0.487 e. The lowest BCUT2D eigenvalue weighted by molar-refractivity contribution is 0.305. The van der Waals surface area contributed by atoms with Crippen molar-refractivity contribution >= 4 is 0 Å². The average molecular weight is 265 g/mol. The Hall–Kier alpha value is -2.62. The molecule has 4 nitrogen and oxygen atoms in total. The van der Waals surface area contributed by atoms with Crippen LogP contribution in [0.2, 0.25) is 0 Å². The van der Waals surface area contributed by atoms with Crippen LogP contribution in [0.5, 0.6) is 5.75 Å². The van der Waals surface area contributed by atoms with Gasteiger partial charge in [0.05, 0.1) is 17.6 Å². The maximum absolute atomic E-state index is 5.73.